The highest BCUT2D eigenvalue weighted by Gasteiger charge is 2.29. The van der Waals surface area contributed by atoms with Crippen LogP contribution in [0.1, 0.15) is 30.1 Å². The van der Waals surface area contributed by atoms with E-state index in [0.717, 1.165) is 0 Å². The van der Waals surface area contributed by atoms with E-state index in [4.69, 9.17) is 5.73 Å². The molecule has 1 aromatic carbocycles. The molecule has 1 saturated heterocycles. The molecule has 1 heterocycles. The first kappa shape index (κ1) is 14.7. The van der Waals surface area contributed by atoms with Crippen LogP contribution in [0.15, 0.2) is 24.3 Å². The molecule has 2 N–H and O–H groups in total. The Bertz CT molecular complexity index is 493. The number of carbonyl (C=O) groups is 2. The van der Waals surface area contributed by atoms with Crippen molar-refractivity contribution in [2.24, 2.45) is 11.7 Å². The van der Waals surface area contributed by atoms with Gasteiger partial charge in [0.25, 0.3) is 0 Å². The quantitative estimate of drug-likeness (QED) is 0.851. The van der Waals surface area contributed by atoms with Gasteiger partial charge in [-0.2, -0.15) is 0 Å². The van der Waals surface area contributed by atoms with Crippen molar-refractivity contribution >= 4 is 11.7 Å². The van der Waals surface area contributed by atoms with Crippen molar-refractivity contribution in [1.29, 1.82) is 0 Å². The number of nitrogens with zero attached hydrogens (tertiary/aromatic N) is 1. The van der Waals surface area contributed by atoms with E-state index in [1.54, 1.807) is 0 Å². The van der Waals surface area contributed by atoms with E-state index in [2.05, 4.69) is 0 Å². The minimum atomic E-state index is -0.350. The first-order chi connectivity index (χ1) is 9.49. The molecule has 4 nitrogen and oxygen atoms in total. The van der Waals surface area contributed by atoms with Crippen LogP contribution >= 0.6 is 0 Å². The van der Waals surface area contributed by atoms with Crippen molar-refractivity contribution in [2.75, 3.05) is 13.1 Å². The number of benzene rings is 1. The lowest BCUT2D eigenvalue weighted by Gasteiger charge is -2.34. The molecule has 0 aliphatic carbocycles. The molecule has 0 spiro atoms. The maximum atomic E-state index is 12.9. The van der Waals surface area contributed by atoms with E-state index in [1.807, 2.05) is 11.8 Å². The normalized spacial score (nSPS) is 18.7. The SMILES string of the molecule is CC(C(=O)c1ccc(F)cc1)N1CCC(C(N)=O)CC1. The van der Waals surface area contributed by atoms with Crippen LogP contribution in [0.5, 0.6) is 0 Å². The predicted molar refractivity (Wildman–Crippen MR) is 73.7 cm³/mol. The van der Waals surface area contributed by atoms with Gasteiger partial charge < -0.3 is 5.73 Å². The zero-order valence-corrected chi connectivity index (χ0v) is 11.5. The van der Waals surface area contributed by atoms with Crippen LogP contribution in [0.4, 0.5) is 4.39 Å². The largest absolute Gasteiger partial charge is 0.369 e. The van der Waals surface area contributed by atoms with Crippen molar-refractivity contribution in [2.45, 2.75) is 25.8 Å². The van der Waals surface area contributed by atoms with Gasteiger partial charge in [-0.3, -0.25) is 14.5 Å². The summed E-state index contributed by atoms with van der Waals surface area (Å²) in [4.78, 5) is 25.5. The van der Waals surface area contributed by atoms with Gasteiger partial charge in [0.15, 0.2) is 5.78 Å². The molecule has 0 radical (unpaired) electrons. The van der Waals surface area contributed by atoms with Gasteiger partial charge in [0.2, 0.25) is 5.91 Å². The molecule has 1 aliphatic rings. The number of rotatable bonds is 4. The fraction of sp³-hybridized carbons (Fsp3) is 0.467. The first-order valence-electron chi connectivity index (χ1n) is 6.82. The fourth-order valence-electron chi connectivity index (χ4n) is 2.59. The second-order valence-electron chi connectivity index (χ2n) is 5.26. The van der Waals surface area contributed by atoms with E-state index in [-0.39, 0.29) is 29.5 Å². The summed E-state index contributed by atoms with van der Waals surface area (Å²) < 4.78 is 12.9. The van der Waals surface area contributed by atoms with E-state index < -0.39 is 0 Å². The van der Waals surface area contributed by atoms with Crippen LogP contribution in [-0.4, -0.2) is 35.7 Å². The number of ketones is 1. The standard InChI is InChI=1S/C15H19FN2O2/c1-10(14(19)11-2-4-13(16)5-3-11)18-8-6-12(7-9-18)15(17)20/h2-5,10,12H,6-9H2,1H3,(H2,17,20). The molecule has 0 saturated carbocycles. The Kier molecular flexibility index (Phi) is 4.49. The number of hydrogen-bond donors (Lipinski definition) is 1. The third-order valence-corrected chi connectivity index (χ3v) is 3.99. The van der Waals surface area contributed by atoms with Gasteiger partial charge in [0.1, 0.15) is 5.82 Å². The first-order valence-corrected chi connectivity index (χ1v) is 6.82. The molecule has 0 bridgehead atoms. The van der Waals surface area contributed by atoms with Gasteiger partial charge in [-0.05, 0) is 57.1 Å². The minimum absolute atomic E-state index is 0.0254. The number of primary amides is 1. The van der Waals surface area contributed by atoms with E-state index in [1.165, 1.54) is 24.3 Å². The summed E-state index contributed by atoms with van der Waals surface area (Å²) in [5.41, 5.74) is 5.80. The Labute approximate surface area is 117 Å². The number of piperidine rings is 1. The molecule has 0 aromatic heterocycles. The van der Waals surface area contributed by atoms with E-state index in [0.29, 0.717) is 31.5 Å². The highest BCUT2D eigenvalue weighted by atomic mass is 19.1. The number of halogens is 1. The molecular weight excluding hydrogens is 259 g/mol. The van der Waals surface area contributed by atoms with Crippen LogP contribution < -0.4 is 5.73 Å². The summed E-state index contributed by atoms with van der Waals surface area (Å²) in [6, 6.07) is 5.32. The Morgan fingerprint density at radius 2 is 1.80 bits per heavy atom. The molecule has 1 fully saturated rings. The summed E-state index contributed by atoms with van der Waals surface area (Å²) in [6.45, 7) is 3.21. The monoisotopic (exact) mass is 278 g/mol. The molecule has 1 aliphatic heterocycles. The number of carbonyl (C=O) groups excluding carboxylic acids is 2. The molecule has 1 amide bonds. The molecule has 1 unspecified atom stereocenters. The summed E-state index contributed by atoms with van der Waals surface area (Å²) >= 11 is 0. The van der Waals surface area contributed by atoms with Gasteiger partial charge in [0, 0.05) is 11.5 Å². The summed E-state index contributed by atoms with van der Waals surface area (Å²) in [5.74, 6) is -0.722. The molecular formula is C15H19FN2O2. The van der Waals surface area contributed by atoms with Gasteiger partial charge in [-0.25, -0.2) is 4.39 Å². The lowest BCUT2D eigenvalue weighted by Crippen LogP contribution is -2.46. The average molecular weight is 278 g/mol. The van der Waals surface area contributed by atoms with Crippen LogP contribution in [0, 0.1) is 11.7 Å². The Morgan fingerprint density at radius 1 is 1.25 bits per heavy atom. The number of nitrogens with two attached hydrogens (primary N) is 1. The Morgan fingerprint density at radius 3 is 2.30 bits per heavy atom. The van der Waals surface area contributed by atoms with Crippen molar-refractivity contribution in [1.82, 2.24) is 4.90 Å². The molecule has 20 heavy (non-hydrogen) atoms. The Hall–Kier alpha value is -1.75. The van der Waals surface area contributed by atoms with Gasteiger partial charge in [0.05, 0.1) is 6.04 Å². The predicted octanol–water partition coefficient (Wildman–Crippen LogP) is 1.59. The van der Waals surface area contributed by atoms with Crippen molar-refractivity contribution < 1.29 is 14.0 Å². The average Bonchev–Trinajstić information content (AvgIpc) is 2.46. The molecule has 108 valence electrons. The third-order valence-electron chi connectivity index (χ3n) is 3.99. The van der Waals surface area contributed by atoms with Crippen molar-refractivity contribution in [3.05, 3.63) is 35.6 Å². The number of hydrogen-bond acceptors (Lipinski definition) is 3. The van der Waals surface area contributed by atoms with Crippen LogP contribution in [0.3, 0.4) is 0 Å². The number of Topliss-reactive ketones (excluding diaryl/α,β-unsaturated/α-hetero) is 1. The van der Waals surface area contributed by atoms with Crippen molar-refractivity contribution in [3.8, 4) is 0 Å². The van der Waals surface area contributed by atoms with Crippen LogP contribution in [-0.2, 0) is 4.79 Å². The zero-order valence-electron chi connectivity index (χ0n) is 11.5. The van der Waals surface area contributed by atoms with Crippen LogP contribution in [0.25, 0.3) is 0 Å². The lowest BCUT2D eigenvalue weighted by molar-refractivity contribution is -0.123. The number of amides is 1. The van der Waals surface area contributed by atoms with Crippen LogP contribution in [0.2, 0.25) is 0 Å². The summed E-state index contributed by atoms with van der Waals surface area (Å²) in [6.07, 6.45) is 1.38. The van der Waals surface area contributed by atoms with Gasteiger partial charge in [-0.1, -0.05) is 0 Å². The van der Waals surface area contributed by atoms with Gasteiger partial charge >= 0.3 is 0 Å². The smallest absolute Gasteiger partial charge is 0.220 e. The minimum Gasteiger partial charge on any atom is -0.369 e. The van der Waals surface area contributed by atoms with Crippen molar-refractivity contribution in [3.63, 3.8) is 0 Å². The second-order valence-corrected chi connectivity index (χ2v) is 5.26. The molecule has 1 atom stereocenters. The molecule has 1 aromatic rings. The van der Waals surface area contributed by atoms with E-state index >= 15 is 0 Å². The maximum absolute atomic E-state index is 12.9. The fourth-order valence-corrected chi connectivity index (χ4v) is 2.59. The highest BCUT2D eigenvalue weighted by Crippen LogP contribution is 2.20. The Balaban J connectivity index is 1.98. The molecule has 2 rings (SSSR count). The second kappa shape index (κ2) is 6.13. The maximum Gasteiger partial charge on any atom is 0.220 e. The highest BCUT2D eigenvalue weighted by molar-refractivity contribution is 5.99. The summed E-state index contributed by atoms with van der Waals surface area (Å²) in [7, 11) is 0. The zero-order chi connectivity index (χ0) is 14.7. The van der Waals surface area contributed by atoms with Gasteiger partial charge in [-0.15, -0.1) is 0 Å². The van der Waals surface area contributed by atoms with E-state index in [9.17, 15) is 14.0 Å². The summed E-state index contributed by atoms with van der Waals surface area (Å²) in [5, 5.41) is 0. The molecule has 5 heteroatoms. The topological polar surface area (TPSA) is 63.4 Å². The third kappa shape index (κ3) is 3.22. The lowest BCUT2D eigenvalue weighted by atomic mass is 9.94. The number of likely N-dealkylation sites (tertiary alicyclic amines) is 1.